The summed E-state index contributed by atoms with van der Waals surface area (Å²) in [5, 5.41) is 0.859. The standard InChI is InChI=1S/C10H10Cl4N2O2/c11-4-1-5(12)9(13)10(14)8(4)6(15)2-18-3-7(16)17/h1,6H,2-3,15H2,(H2,16,17). The van der Waals surface area contributed by atoms with Gasteiger partial charge in [0.2, 0.25) is 5.91 Å². The maximum Gasteiger partial charge on any atom is 0.243 e. The molecule has 0 saturated heterocycles. The number of rotatable bonds is 5. The average molecular weight is 332 g/mol. The third-order valence-electron chi connectivity index (χ3n) is 2.06. The molecule has 1 atom stereocenters. The fourth-order valence-electron chi connectivity index (χ4n) is 1.29. The molecule has 0 fully saturated rings. The summed E-state index contributed by atoms with van der Waals surface area (Å²) in [4.78, 5) is 10.5. The van der Waals surface area contributed by atoms with Crippen molar-refractivity contribution in [3.8, 4) is 0 Å². The zero-order chi connectivity index (χ0) is 13.9. The molecule has 0 bridgehead atoms. The summed E-state index contributed by atoms with van der Waals surface area (Å²) >= 11 is 23.7. The molecule has 1 aromatic carbocycles. The van der Waals surface area contributed by atoms with Crippen molar-refractivity contribution in [2.45, 2.75) is 6.04 Å². The molecule has 100 valence electrons. The lowest BCUT2D eigenvalue weighted by Gasteiger charge is -2.16. The number of nitrogens with two attached hydrogens (primary N) is 2. The lowest BCUT2D eigenvalue weighted by molar-refractivity contribution is -0.122. The second-order valence-electron chi connectivity index (χ2n) is 3.47. The Morgan fingerprint density at radius 1 is 1.22 bits per heavy atom. The minimum absolute atomic E-state index is 0.0281. The van der Waals surface area contributed by atoms with Crippen LogP contribution in [0.4, 0.5) is 0 Å². The summed E-state index contributed by atoms with van der Waals surface area (Å²) in [5.41, 5.74) is 11.2. The molecule has 0 aliphatic carbocycles. The highest BCUT2D eigenvalue weighted by molar-refractivity contribution is 6.49. The van der Waals surface area contributed by atoms with Gasteiger partial charge in [-0.3, -0.25) is 4.79 Å². The number of carbonyl (C=O) groups is 1. The van der Waals surface area contributed by atoms with Gasteiger partial charge in [0.1, 0.15) is 6.61 Å². The van der Waals surface area contributed by atoms with Gasteiger partial charge in [-0.25, -0.2) is 0 Å². The first kappa shape index (κ1) is 15.8. The van der Waals surface area contributed by atoms with Gasteiger partial charge in [-0.2, -0.15) is 0 Å². The highest BCUT2D eigenvalue weighted by atomic mass is 35.5. The van der Waals surface area contributed by atoms with Crippen molar-refractivity contribution < 1.29 is 9.53 Å². The van der Waals surface area contributed by atoms with Crippen molar-refractivity contribution in [1.29, 1.82) is 0 Å². The minimum atomic E-state index is -0.640. The van der Waals surface area contributed by atoms with Crippen LogP contribution >= 0.6 is 46.4 Å². The SMILES string of the molecule is NC(=O)COCC(N)c1c(Cl)cc(Cl)c(Cl)c1Cl. The van der Waals surface area contributed by atoms with Gasteiger partial charge in [0, 0.05) is 10.6 Å². The van der Waals surface area contributed by atoms with E-state index in [0.717, 1.165) is 0 Å². The van der Waals surface area contributed by atoms with E-state index in [1.807, 2.05) is 0 Å². The quantitative estimate of drug-likeness (QED) is 0.643. The van der Waals surface area contributed by atoms with E-state index in [4.69, 9.17) is 62.6 Å². The van der Waals surface area contributed by atoms with Gasteiger partial charge in [0.15, 0.2) is 0 Å². The normalized spacial score (nSPS) is 12.5. The van der Waals surface area contributed by atoms with E-state index in [1.54, 1.807) is 0 Å². The van der Waals surface area contributed by atoms with Crippen LogP contribution < -0.4 is 11.5 Å². The van der Waals surface area contributed by atoms with E-state index in [9.17, 15) is 4.79 Å². The van der Waals surface area contributed by atoms with Gasteiger partial charge in [-0.15, -0.1) is 0 Å². The summed E-state index contributed by atoms with van der Waals surface area (Å²) < 4.78 is 5.00. The van der Waals surface area contributed by atoms with Crippen molar-refractivity contribution in [2.24, 2.45) is 11.5 Å². The monoisotopic (exact) mass is 330 g/mol. The Labute approximate surface area is 124 Å². The topological polar surface area (TPSA) is 78.3 Å². The van der Waals surface area contributed by atoms with Gasteiger partial charge < -0.3 is 16.2 Å². The number of ether oxygens (including phenoxy) is 1. The van der Waals surface area contributed by atoms with Crippen LogP contribution in [0.3, 0.4) is 0 Å². The van der Waals surface area contributed by atoms with Crippen LogP contribution in [-0.2, 0) is 9.53 Å². The van der Waals surface area contributed by atoms with E-state index >= 15 is 0 Å². The third-order valence-corrected chi connectivity index (χ3v) is 3.65. The summed E-state index contributed by atoms with van der Waals surface area (Å²) in [5.74, 6) is -0.589. The lowest BCUT2D eigenvalue weighted by atomic mass is 10.1. The Kier molecular flexibility index (Phi) is 5.98. The van der Waals surface area contributed by atoms with Gasteiger partial charge >= 0.3 is 0 Å². The number of hydrogen-bond donors (Lipinski definition) is 2. The molecule has 4 nitrogen and oxygen atoms in total. The number of hydrogen-bond acceptors (Lipinski definition) is 3. The fraction of sp³-hybridized carbons (Fsp3) is 0.300. The van der Waals surface area contributed by atoms with Crippen molar-refractivity contribution in [3.05, 3.63) is 31.7 Å². The molecule has 0 aliphatic heterocycles. The van der Waals surface area contributed by atoms with Crippen LogP contribution in [-0.4, -0.2) is 19.1 Å². The van der Waals surface area contributed by atoms with Crippen LogP contribution in [0, 0.1) is 0 Å². The maximum atomic E-state index is 10.5. The molecule has 0 saturated carbocycles. The van der Waals surface area contributed by atoms with Crippen LogP contribution in [0.5, 0.6) is 0 Å². The number of amides is 1. The second kappa shape index (κ2) is 6.80. The van der Waals surface area contributed by atoms with Crippen LogP contribution in [0.15, 0.2) is 6.07 Å². The number of benzene rings is 1. The molecular weight excluding hydrogens is 322 g/mol. The van der Waals surface area contributed by atoms with Crippen molar-refractivity contribution >= 4 is 52.3 Å². The second-order valence-corrected chi connectivity index (χ2v) is 5.04. The zero-order valence-corrected chi connectivity index (χ0v) is 12.1. The first-order valence-electron chi connectivity index (χ1n) is 4.79. The molecule has 4 N–H and O–H groups in total. The molecule has 18 heavy (non-hydrogen) atoms. The number of carbonyl (C=O) groups excluding carboxylic acids is 1. The Balaban J connectivity index is 2.89. The summed E-state index contributed by atoms with van der Waals surface area (Å²) in [6.45, 7) is -0.204. The van der Waals surface area contributed by atoms with Crippen molar-refractivity contribution in [3.63, 3.8) is 0 Å². The van der Waals surface area contributed by atoms with Gasteiger partial charge in [-0.05, 0) is 6.07 Å². The first-order chi connectivity index (χ1) is 8.34. The molecule has 1 unspecified atom stereocenters. The van der Waals surface area contributed by atoms with Gasteiger partial charge in [-0.1, -0.05) is 46.4 Å². The molecule has 1 amide bonds. The predicted molar refractivity (Wildman–Crippen MR) is 73.4 cm³/mol. The number of primary amides is 1. The Hall–Kier alpha value is -0.230. The van der Waals surface area contributed by atoms with E-state index in [-0.39, 0.29) is 33.3 Å². The molecule has 0 heterocycles. The third kappa shape index (κ3) is 3.88. The Morgan fingerprint density at radius 3 is 2.39 bits per heavy atom. The maximum absolute atomic E-state index is 10.5. The van der Waals surface area contributed by atoms with E-state index in [0.29, 0.717) is 5.56 Å². The predicted octanol–water partition coefficient (Wildman–Crippen LogP) is 2.80. The smallest absolute Gasteiger partial charge is 0.243 e. The highest BCUT2D eigenvalue weighted by Crippen LogP contribution is 2.39. The minimum Gasteiger partial charge on any atom is -0.370 e. The van der Waals surface area contributed by atoms with E-state index in [1.165, 1.54) is 6.07 Å². The van der Waals surface area contributed by atoms with Crippen LogP contribution in [0.25, 0.3) is 0 Å². The Bertz CT molecular complexity index is 468. The largest absolute Gasteiger partial charge is 0.370 e. The van der Waals surface area contributed by atoms with Crippen LogP contribution in [0.1, 0.15) is 11.6 Å². The summed E-state index contributed by atoms with van der Waals surface area (Å²) in [6.07, 6.45) is 0. The summed E-state index contributed by atoms with van der Waals surface area (Å²) in [7, 11) is 0. The Morgan fingerprint density at radius 2 is 1.83 bits per heavy atom. The van der Waals surface area contributed by atoms with Gasteiger partial charge in [0.05, 0.1) is 27.7 Å². The average Bonchev–Trinajstić information content (AvgIpc) is 2.25. The van der Waals surface area contributed by atoms with Crippen LogP contribution in [0.2, 0.25) is 20.1 Å². The highest BCUT2D eigenvalue weighted by Gasteiger charge is 2.19. The van der Waals surface area contributed by atoms with E-state index in [2.05, 4.69) is 0 Å². The molecule has 8 heteroatoms. The number of halogens is 4. The molecule has 0 aliphatic rings. The van der Waals surface area contributed by atoms with E-state index < -0.39 is 11.9 Å². The van der Waals surface area contributed by atoms with Crippen molar-refractivity contribution in [2.75, 3.05) is 13.2 Å². The molecule has 1 rings (SSSR count). The lowest BCUT2D eigenvalue weighted by Crippen LogP contribution is -2.23. The van der Waals surface area contributed by atoms with Crippen molar-refractivity contribution in [1.82, 2.24) is 0 Å². The molecule has 0 aromatic heterocycles. The summed E-state index contributed by atoms with van der Waals surface area (Å²) in [6, 6.07) is 0.805. The first-order valence-corrected chi connectivity index (χ1v) is 6.30. The molecule has 0 spiro atoms. The zero-order valence-electron chi connectivity index (χ0n) is 9.05. The molecule has 0 radical (unpaired) electrons. The molecular formula is C10H10Cl4N2O2. The van der Waals surface area contributed by atoms with Gasteiger partial charge in [0.25, 0.3) is 0 Å². The molecule has 1 aromatic rings. The fourth-order valence-corrected chi connectivity index (χ4v) is 2.49.